The minimum Gasteiger partial charge on any atom is -0.378 e. The Morgan fingerprint density at radius 2 is 2.41 bits per heavy atom. The molecule has 1 amide bonds. The van der Waals surface area contributed by atoms with Gasteiger partial charge in [-0.25, -0.2) is 4.98 Å². The normalized spacial score (nSPS) is 21.5. The first-order valence-corrected chi connectivity index (χ1v) is 7.01. The van der Waals surface area contributed by atoms with Gasteiger partial charge in [-0.05, 0) is 35.5 Å². The van der Waals surface area contributed by atoms with E-state index in [0.717, 1.165) is 19.5 Å². The third-order valence-corrected chi connectivity index (χ3v) is 3.64. The highest BCUT2D eigenvalue weighted by molar-refractivity contribution is 5.94. The summed E-state index contributed by atoms with van der Waals surface area (Å²) in [6, 6.07) is 3.39. The van der Waals surface area contributed by atoms with Crippen molar-refractivity contribution in [2.75, 3.05) is 20.2 Å². The molecule has 0 aromatic carbocycles. The number of aromatic nitrogens is 5. The van der Waals surface area contributed by atoms with Crippen molar-refractivity contribution in [3.63, 3.8) is 0 Å². The smallest absolute Gasteiger partial charge is 0.253 e. The predicted octanol–water partition coefficient (Wildman–Crippen LogP) is -0.836. The Balaban J connectivity index is 1.67. The second kappa shape index (κ2) is 6.58. The van der Waals surface area contributed by atoms with E-state index >= 15 is 0 Å². The summed E-state index contributed by atoms with van der Waals surface area (Å²) in [5.41, 5.74) is 0.491. The van der Waals surface area contributed by atoms with E-state index in [1.807, 2.05) is 0 Å². The van der Waals surface area contributed by atoms with Crippen molar-refractivity contribution in [1.29, 1.82) is 0 Å². The van der Waals surface area contributed by atoms with E-state index in [-0.39, 0.29) is 18.1 Å². The summed E-state index contributed by atoms with van der Waals surface area (Å²) in [6.07, 6.45) is 3.77. The molecule has 2 N–H and O–H groups in total. The first-order valence-electron chi connectivity index (χ1n) is 7.01. The number of hydrogen-bond acceptors (Lipinski definition) is 7. The zero-order valence-corrected chi connectivity index (χ0v) is 12.1. The summed E-state index contributed by atoms with van der Waals surface area (Å²) >= 11 is 0. The van der Waals surface area contributed by atoms with Crippen molar-refractivity contribution in [3.05, 3.63) is 30.2 Å². The van der Waals surface area contributed by atoms with Gasteiger partial charge in [0.15, 0.2) is 5.82 Å². The summed E-state index contributed by atoms with van der Waals surface area (Å²) in [6.45, 7) is 1.60. The SMILES string of the molecule is COC1CNCCC1NC(=O)c1ccc(-n2cnnn2)nc1. The average Bonchev–Trinajstić information content (AvgIpc) is 3.10. The monoisotopic (exact) mass is 303 g/mol. The molecule has 0 saturated carbocycles. The Morgan fingerprint density at radius 1 is 1.50 bits per heavy atom. The Hall–Kier alpha value is -2.39. The molecule has 9 nitrogen and oxygen atoms in total. The number of hydrogen-bond donors (Lipinski definition) is 2. The van der Waals surface area contributed by atoms with Gasteiger partial charge in [-0.2, -0.15) is 4.68 Å². The van der Waals surface area contributed by atoms with E-state index in [1.54, 1.807) is 19.2 Å². The minimum absolute atomic E-state index is 0.00191. The van der Waals surface area contributed by atoms with Crippen LogP contribution in [0.2, 0.25) is 0 Å². The van der Waals surface area contributed by atoms with E-state index in [4.69, 9.17) is 4.74 Å². The highest BCUT2D eigenvalue weighted by Gasteiger charge is 2.26. The molecule has 2 unspecified atom stereocenters. The number of nitrogens with zero attached hydrogens (tertiary/aromatic N) is 5. The van der Waals surface area contributed by atoms with E-state index in [0.29, 0.717) is 11.4 Å². The number of tetrazole rings is 1. The fraction of sp³-hybridized carbons (Fsp3) is 0.462. The van der Waals surface area contributed by atoms with E-state index in [2.05, 4.69) is 31.1 Å². The number of rotatable bonds is 4. The second-order valence-electron chi connectivity index (χ2n) is 5.01. The van der Waals surface area contributed by atoms with Gasteiger partial charge in [0.1, 0.15) is 6.33 Å². The van der Waals surface area contributed by atoms with E-state index in [9.17, 15) is 4.79 Å². The van der Waals surface area contributed by atoms with E-state index < -0.39 is 0 Å². The van der Waals surface area contributed by atoms with Gasteiger partial charge in [-0.1, -0.05) is 0 Å². The largest absolute Gasteiger partial charge is 0.378 e. The lowest BCUT2D eigenvalue weighted by atomic mass is 10.0. The molecule has 0 aliphatic carbocycles. The Morgan fingerprint density at radius 3 is 3.09 bits per heavy atom. The van der Waals surface area contributed by atoms with Crippen LogP contribution >= 0.6 is 0 Å². The van der Waals surface area contributed by atoms with E-state index in [1.165, 1.54) is 17.2 Å². The molecule has 116 valence electrons. The molecule has 1 aliphatic rings. The Bertz CT molecular complexity index is 614. The molecular weight excluding hydrogens is 286 g/mol. The van der Waals surface area contributed by atoms with Gasteiger partial charge in [-0.15, -0.1) is 5.10 Å². The number of methoxy groups -OCH3 is 1. The van der Waals surface area contributed by atoms with Crippen LogP contribution in [0, 0.1) is 0 Å². The van der Waals surface area contributed by atoms with Crippen LogP contribution < -0.4 is 10.6 Å². The lowest BCUT2D eigenvalue weighted by Gasteiger charge is -2.31. The molecule has 2 aromatic heterocycles. The number of amides is 1. The minimum atomic E-state index is -0.162. The number of pyridine rings is 1. The molecule has 0 spiro atoms. The number of carbonyl (C=O) groups excluding carboxylic acids is 1. The van der Waals surface area contributed by atoms with Gasteiger partial charge in [-0.3, -0.25) is 4.79 Å². The predicted molar refractivity (Wildman–Crippen MR) is 76.5 cm³/mol. The maximum absolute atomic E-state index is 12.3. The van der Waals surface area contributed by atoms with Crippen molar-refractivity contribution in [2.24, 2.45) is 0 Å². The van der Waals surface area contributed by atoms with Crippen LogP contribution in [0.3, 0.4) is 0 Å². The van der Waals surface area contributed by atoms with Crippen molar-refractivity contribution in [1.82, 2.24) is 35.8 Å². The van der Waals surface area contributed by atoms with Crippen LogP contribution in [0.4, 0.5) is 0 Å². The van der Waals surface area contributed by atoms with Crippen molar-refractivity contribution >= 4 is 5.91 Å². The highest BCUT2D eigenvalue weighted by Crippen LogP contribution is 2.09. The van der Waals surface area contributed by atoms with Gasteiger partial charge in [0.25, 0.3) is 5.91 Å². The number of carbonyl (C=O) groups is 1. The van der Waals surface area contributed by atoms with Gasteiger partial charge >= 0.3 is 0 Å². The third kappa shape index (κ3) is 3.10. The molecule has 1 saturated heterocycles. The second-order valence-corrected chi connectivity index (χ2v) is 5.01. The standard InChI is InChI=1S/C13H17N7O2/c1-22-11-7-14-5-4-10(11)17-13(21)9-2-3-12(15-6-9)20-8-16-18-19-20/h2-3,6,8,10-11,14H,4-5,7H2,1H3,(H,17,21). The van der Waals surface area contributed by atoms with Gasteiger partial charge in [0.05, 0.1) is 17.7 Å². The summed E-state index contributed by atoms with van der Waals surface area (Å²) < 4.78 is 6.82. The summed E-state index contributed by atoms with van der Waals surface area (Å²) in [7, 11) is 1.65. The molecule has 22 heavy (non-hydrogen) atoms. The quantitative estimate of drug-likeness (QED) is 0.758. The number of nitrogens with one attached hydrogen (secondary N) is 2. The van der Waals surface area contributed by atoms with Crippen LogP contribution in [0.25, 0.3) is 5.82 Å². The van der Waals surface area contributed by atoms with Crippen LogP contribution in [0.15, 0.2) is 24.7 Å². The average molecular weight is 303 g/mol. The van der Waals surface area contributed by atoms with Crippen molar-refractivity contribution in [2.45, 2.75) is 18.6 Å². The zero-order chi connectivity index (χ0) is 15.4. The summed E-state index contributed by atoms with van der Waals surface area (Å²) in [4.78, 5) is 16.5. The van der Waals surface area contributed by atoms with Crippen LogP contribution in [0.5, 0.6) is 0 Å². The number of piperidine rings is 1. The molecule has 1 fully saturated rings. The summed E-state index contributed by atoms with van der Waals surface area (Å²) in [5.74, 6) is 0.392. The third-order valence-electron chi connectivity index (χ3n) is 3.64. The molecule has 2 aromatic rings. The van der Waals surface area contributed by atoms with Crippen LogP contribution in [0.1, 0.15) is 16.8 Å². The molecule has 3 rings (SSSR count). The molecule has 0 bridgehead atoms. The maximum Gasteiger partial charge on any atom is 0.253 e. The van der Waals surface area contributed by atoms with Crippen LogP contribution in [-0.2, 0) is 4.74 Å². The van der Waals surface area contributed by atoms with Gasteiger partial charge in [0.2, 0.25) is 0 Å². The molecule has 1 aliphatic heterocycles. The first-order chi connectivity index (χ1) is 10.8. The highest BCUT2D eigenvalue weighted by atomic mass is 16.5. The van der Waals surface area contributed by atoms with Crippen LogP contribution in [-0.4, -0.2) is 63.4 Å². The fourth-order valence-corrected chi connectivity index (χ4v) is 2.42. The Labute approximate surface area is 127 Å². The number of ether oxygens (including phenoxy) is 1. The molecule has 3 heterocycles. The fourth-order valence-electron chi connectivity index (χ4n) is 2.42. The lowest BCUT2D eigenvalue weighted by Crippen LogP contribution is -2.53. The Kier molecular flexibility index (Phi) is 4.35. The molecule has 9 heteroatoms. The maximum atomic E-state index is 12.3. The first kappa shape index (κ1) is 14.5. The molecular formula is C13H17N7O2. The van der Waals surface area contributed by atoms with Gasteiger partial charge in [0, 0.05) is 19.9 Å². The zero-order valence-electron chi connectivity index (χ0n) is 12.1. The lowest BCUT2D eigenvalue weighted by molar-refractivity contribution is 0.0476. The van der Waals surface area contributed by atoms with Crippen molar-refractivity contribution in [3.8, 4) is 5.82 Å². The molecule has 2 atom stereocenters. The topological polar surface area (TPSA) is 107 Å². The summed E-state index contributed by atoms with van der Waals surface area (Å²) in [5, 5.41) is 17.1. The van der Waals surface area contributed by atoms with Gasteiger partial charge < -0.3 is 15.4 Å². The van der Waals surface area contributed by atoms with Crippen molar-refractivity contribution < 1.29 is 9.53 Å². The molecule has 0 radical (unpaired) electrons.